The van der Waals surface area contributed by atoms with Gasteiger partial charge in [0.05, 0.1) is 5.88 Å². The number of carbonyl (C=O) groups excluding carboxylic acids is 2. The Labute approximate surface area is 125 Å². The third kappa shape index (κ3) is 4.37. The van der Waals surface area contributed by atoms with E-state index < -0.39 is 0 Å². The summed E-state index contributed by atoms with van der Waals surface area (Å²) >= 11 is 5.60. The molecule has 20 heavy (non-hydrogen) atoms. The molecule has 0 saturated heterocycles. The largest absolute Gasteiger partial charge is 0.356 e. The van der Waals surface area contributed by atoms with Crippen LogP contribution in [0.1, 0.15) is 42.0 Å². The highest BCUT2D eigenvalue weighted by Gasteiger charge is 2.15. The number of carbonyl (C=O) groups is 2. The second-order valence-electron chi connectivity index (χ2n) is 5.44. The zero-order valence-electron chi connectivity index (χ0n) is 12.6. The van der Waals surface area contributed by atoms with Crippen molar-refractivity contribution >= 4 is 23.3 Å². The molecule has 1 N–H and O–H groups in total. The monoisotopic (exact) mass is 298 g/mol. The lowest BCUT2D eigenvalue weighted by molar-refractivity contribution is -0.121. The van der Waals surface area contributed by atoms with Gasteiger partial charge in [0.1, 0.15) is 0 Å². The number of aryl methyl sites for hydroxylation is 1. The third-order valence-electron chi connectivity index (χ3n) is 3.27. The summed E-state index contributed by atoms with van der Waals surface area (Å²) in [5.74, 6) is 0.396. The van der Waals surface area contributed by atoms with Gasteiger partial charge in [-0.1, -0.05) is 13.8 Å². The van der Waals surface area contributed by atoms with Gasteiger partial charge in [0.15, 0.2) is 5.78 Å². The summed E-state index contributed by atoms with van der Waals surface area (Å²) in [6.45, 7) is 9.22. The first-order chi connectivity index (χ1) is 9.36. The van der Waals surface area contributed by atoms with E-state index in [9.17, 15) is 9.59 Å². The zero-order valence-corrected chi connectivity index (χ0v) is 13.4. The van der Waals surface area contributed by atoms with Crippen LogP contribution in [-0.4, -0.2) is 28.7 Å². The van der Waals surface area contributed by atoms with Gasteiger partial charge in [-0.15, -0.1) is 11.6 Å². The summed E-state index contributed by atoms with van der Waals surface area (Å²) in [5.41, 5.74) is 2.51. The number of hydrogen-bond acceptors (Lipinski definition) is 2. The minimum Gasteiger partial charge on any atom is -0.356 e. The fourth-order valence-corrected chi connectivity index (χ4v) is 2.26. The number of hydrogen-bond donors (Lipinski definition) is 1. The molecule has 1 amide bonds. The maximum atomic E-state index is 11.7. The Bertz CT molecular complexity index is 492. The Morgan fingerprint density at radius 1 is 1.35 bits per heavy atom. The number of alkyl halides is 1. The third-order valence-corrected chi connectivity index (χ3v) is 3.51. The lowest BCUT2D eigenvalue weighted by Crippen LogP contribution is -2.28. The average molecular weight is 299 g/mol. The Hall–Kier alpha value is -1.29. The summed E-state index contributed by atoms with van der Waals surface area (Å²) in [6, 6.07) is 1.84. The smallest absolute Gasteiger partial charge is 0.221 e. The van der Waals surface area contributed by atoms with Crippen molar-refractivity contribution in [3.63, 3.8) is 0 Å². The molecule has 0 aliphatic rings. The molecule has 4 nitrogen and oxygen atoms in total. The first-order valence-electron chi connectivity index (χ1n) is 6.89. The first kappa shape index (κ1) is 16.8. The Kier molecular flexibility index (Phi) is 6.27. The van der Waals surface area contributed by atoms with Crippen molar-refractivity contribution in [3.05, 3.63) is 23.0 Å². The van der Waals surface area contributed by atoms with Gasteiger partial charge in [0.25, 0.3) is 0 Å². The van der Waals surface area contributed by atoms with Crippen LogP contribution in [0.3, 0.4) is 0 Å². The highest BCUT2D eigenvalue weighted by atomic mass is 35.5. The average Bonchev–Trinajstić information content (AvgIpc) is 2.68. The lowest BCUT2D eigenvalue weighted by atomic mass is 10.2. The van der Waals surface area contributed by atoms with Crippen LogP contribution >= 0.6 is 11.6 Å². The number of halogens is 1. The molecule has 0 spiro atoms. The van der Waals surface area contributed by atoms with Crippen LogP contribution in [0.25, 0.3) is 0 Å². The van der Waals surface area contributed by atoms with Crippen LogP contribution in [0.15, 0.2) is 6.07 Å². The normalized spacial score (nSPS) is 10.9. The van der Waals surface area contributed by atoms with Crippen LogP contribution in [0.2, 0.25) is 0 Å². The predicted octanol–water partition coefficient (Wildman–Crippen LogP) is 2.69. The number of aromatic nitrogens is 1. The number of rotatable bonds is 7. The van der Waals surface area contributed by atoms with E-state index in [1.54, 1.807) is 0 Å². The van der Waals surface area contributed by atoms with E-state index in [0.717, 1.165) is 11.4 Å². The number of amides is 1. The molecule has 0 aliphatic heterocycles. The highest BCUT2D eigenvalue weighted by molar-refractivity contribution is 6.30. The quantitative estimate of drug-likeness (QED) is 0.621. The molecule has 0 radical (unpaired) electrons. The molecule has 1 rings (SSSR count). The van der Waals surface area contributed by atoms with Crippen LogP contribution in [0.4, 0.5) is 0 Å². The van der Waals surface area contributed by atoms with Gasteiger partial charge in [-0.2, -0.15) is 0 Å². The Morgan fingerprint density at radius 2 is 2.00 bits per heavy atom. The SMILES string of the molecule is Cc1cc(C(=O)CCl)c(C)n1CCC(=O)NCC(C)C. The number of ketones is 1. The Balaban J connectivity index is 2.67. The van der Waals surface area contributed by atoms with Gasteiger partial charge in [-0.3, -0.25) is 9.59 Å². The van der Waals surface area contributed by atoms with Gasteiger partial charge in [0.2, 0.25) is 5.91 Å². The molecular weight excluding hydrogens is 276 g/mol. The fraction of sp³-hybridized carbons (Fsp3) is 0.600. The van der Waals surface area contributed by atoms with Crippen molar-refractivity contribution in [1.82, 2.24) is 9.88 Å². The summed E-state index contributed by atoms with van der Waals surface area (Å²) in [6.07, 6.45) is 0.414. The molecule has 0 aromatic carbocycles. The summed E-state index contributed by atoms with van der Waals surface area (Å²) < 4.78 is 1.99. The van der Waals surface area contributed by atoms with Gasteiger partial charge in [0, 0.05) is 36.5 Å². The van der Waals surface area contributed by atoms with E-state index >= 15 is 0 Å². The lowest BCUT2D eigenvalue weighted by Gasteiger charge is -2.11. The minimum absolute atomic E-state index is 0.0147. The van der Waals surface area contributed by atoms with Crippen LogP contribution < -0.4 is 5.32 Å². The molecule has 0 fully saturated rings. The molecule has 1 aromatic heterocycles. The number of nitrogens with one attached hydrogen (secondary N) is 1. The fourth-order valence-electron chi connectivity index (χ4n) is 2.12. The maximum Gasteiger partial charge on any atom is 0.221 e. The van der Waals surface area contributed by atoms with Crippen molar-refractivity contribution in [2.45, 2.75) is 40.7 Å². The topological polar surface area (TPSA) is 51.1 Å². The van der Waals surface area contributed by atoms with Crippen LogP contribution in [0, 0.1) is 19.8 Å². The second-order valence-corrected chi connectivity index (χ2v) is 5.71. The molecular formula is C15H23ClN2O2. The van der Waals surface area contributed by atoms with Crippen molar-refractivity contribution in [3.8, 4) is 0 Å². The molecule has 0 unspecified atom stereocenters. The number of nitrogens with zero attached hydrogens (tertiary/aromatic N) is 1. The van der Waals surface area contributed by atoms with Crippen molar-refractivity contribution in [1.29, 1.82) is 0 Å². The summed E-state index contributed by atoms with van der Waals surface area (Å²) in [4.78, 5) is 23.4. The van der Waals surface area contributed by atoms with E-state index in [4.69, 9.17) is 11.6 Å². The molecule has 5 heteroatoms. The zero-order chi connectivity index (χ0) is 15.3. The maximum absolute atomic E-state index is 11.7. The van der Waals surface area contributed by atoms with Gasteiger partial charge in [-0.05, 0) is 25.8 Å². The molecule has 0 atom stereocenters. The summed E-state index contributed by atoms with van der Waals surface area (Å²) in [7, 11) is 0. The van der Waals surface area contributed by atoms with Crippen LogP contribution in [0.5, 0.6) is 0 Å². The molecule has 1 heterocycles. The molecule has 1 aromatic rings. The van der Waals surface area contributed by atoms with Gasteiger partial charge in [-0.25, -0.2) is 0 Å². The van der Waals surface area contributed by atoms with Crippen molar-refractivity contribution in [2.75, 3.05) is 12.4 Å². The van der Waals surface area contributed by atoms with E-state index in [2.05, 4.69) is 19.2 Å². The number of Topliss-reactive ketones (excluding diaryl/α,β-unsaturated/α-hetero) is 1. The molecule has 0 saturated carbocycles. The van der Waals surface area contributed by atoms with Crippen LogP contribution in [-0.2, 0) is 11.3 Å². The van der Waals surface area contributed by atoms with E-state index in [1.165, 1.54) is 0 Å². The van der Waals surface area contributed by atoms with Gasteiger partial charge >= 0.3 is 0 Å². The molecule has 0 aliphatic carbocycles. The van der Waals surface area contributed by atoms with Gasteiger partial charge < -0.3 is 9.88 Å². The predicted molar refractivity (Wildman–Crippen MR) is 81.4 cm³/mol. The molecule has 0 bridgehead atoms. The van der Waals surface area contributed by atoms with Crippen molar-refractivity contribution in [2.24, 2.45) is 5.92 Å². The van der Waals surface area contributed by atoms with E-state index in [0.29, 0.717) is 31.0 Å². The second kappa shape index (κ2) is 7.48. The molecule has 112 valence electrons. The minimum atomic E-state index is -0.0738. The summed E-state index contributed by atoms with van der Waals surface area (Å²) in [5, 5.41) is 2.89. The first-order valence-corrected chi connectivity index (χ1v) is 7.42. The van der Waals surface area contributed by atoms with Crippen molar-refractivity contribution < 1.29 is 9.59 Å². The Morgan fingerprint density at radius 3 is 2.55 bits per heavy atom. The van der Waals surface area contributed by atoms with E-state index in [1.807, 2.05) is 24.5 Å². The standard InChI is InChI=1S/C15H23ClN2O2/c1-10(2)9-17-15(20)5-6-18-11(3)7-13(12(18)4)14(19)8-16/h7,10H,5-6,8-9H2,1-4H3,(H,17,20). The highest BCUT2D eigenvalue weighted by Crippen LogP contribution is 2.16. The van der Waals surface area contributed by atoms with E-state index in [-0.39, 0.29) is 17.6 Å².